The number of hydrogen-bond donors (Lipinski definition) is 1. The molecule has 0 atom stereocenters. The topological polar surface area (TPSA) is 69.7 Å². The van der Waals surface area contributed by atoms with Gasteiger partial charge in [-0.3, -0.25) is 14.4 Å². The van der Waals surface area contributed by atoms with E-state index in [1.165, 1.54) is 18.7 Å². The van der Waals surface area contributed by atoms with Gasteiger partial charge in [-0.2, -0.15) is 0 Å². The average Bonchev–Trinajstić information content (AvgIpc) is 2.61. The lowest BCUT2D eigenvalue weighted by atomic mass is 10.2. The molecular weight excluding hydrogens is 330 g/mol. The Balaban J connectivity index is 2.18. The number of rotatable bonds is 6. The number of anilines is 3. The van der Waals surface area contributed by atoms with Crippen LogP contribution in [0.4, 0.5) is 17.1 Å². The Kier molecular flexibility index (Phi) is 6.49. The second-order valence-corrected chi connectivity index (χ2v) is 5.81. The van der Waals surface area contributed by atoms with Crippen molar-refractivity contribution in [3.63, 3.8) is 0 Å². The third-order valence-electron chi connectivity index (χ3n) is 3.86. The van der Waals surface area contributed by atoms with E-state index < -0.39 is 0 Å². The van der Waals surface area contributed by atoms with Gasteiger partial charge in [0.05, 0.1) is 0 Å². The highest BCUT2D eigenvalue weighted by atomic mass is 16.2. The van der Waals surface area contributed by atoms with Crippen molar-refractivity contribution in [3.05, 3.63) is 54.6 Å². The minimum absolute atomic E-state index is 0.0580. The van der Waals surface area contributed by atoms with E-state index in [9.17, 15) is 14.4 Å². The molecule has 0 saturated carbocycles. The molecule has 0 saturated heterocycles. The highest BCUT2D eigenvalue weighted by molar-refractivity contribution is 6.03. The molecule has 2 aromatic carbocycles. The summed E-state index contributed by atoms with van der Waals surface area (Å²) in [5, 5.41) is 2.67. The van der Waals surface area contributed by atoms with Crippen LogP contribution >= 0.6 is 0 Å². The molecule has 0 radical (unpaired) electrons. The van der Waals surface area contributed by atoms with E-state index in [-0.39, 0.29) is 24.3 Å². The fourth-order valence-electron chi connectivity index (χ4n) is 2.64. The molecule has 0 aliphatic heterocycles. The molecule has 0 bridgehead atoms. The van der Waals surface area contributed by atoms with E-state index in [2.05, 4.69) is 5.32 Å². The molecule has 3 amide bonds. The van der Waals surface area contributed by atoms with Crippen LogP contribution in [0.2, 0.25) is 0 Å². The lowest BCUT2D eigenvalue weighted by Gasteiger charge is -2.26. The Bertz CT molecular complexity index is 773. The first-order valence-electron chi connectivity index (χ1n) is 8.43. The molecule has 6 nitrogen and oxygen atoms in total. The largest absolute Gasteiger partial charge is 0.326 e. The maximum Gasteiger partial charge on any atom is 0.247 e. The van der Waals surface area contributed by atoms with Crippen molar-refractivity contribution in [2.75, 3.05) is 28.2 Å². The smallest absolute Gasteiger partial charge is 0.247 e. The second kappa shape index (κ2) is 8.80. The van der Waals surface area contributed by atoms with Crippen LogP contribution in [0.3, 0.4) is 0 Å². The Labute approximate surface area is 153 Å². The molecular formula is C20H23N3O3. The fraction of sp³-hybridized carbons (Fsp3) is 0.250. The van der Waals surface area contributed by atoms with Crippen LogP contribution in [0.25, 0.3) is 0 Å². The van der Waals surface area contributed by atoms with Crippen molar-refractivity contribution in [3.8, 4) is 0 Å². The van der Waals surface area contributed by atoms with Gasteiger partial charge in [-0.25, -0.2) is 0 Å². The van der Waals surface area contributed by atoms with Crippen molar-refractivity contribution in [1.82, 2.24) is 0 Å². The van der Waals surface area contributed by atoms with E-state index in [0.29, 0.717) is 17.9 Å². The van der Waals surface area contributed by atoms with Crippen LogP contribution in [0.15, 0.2) is 54.6 Å². The predicted octanol–water partition coefficient (Wildman–Crippen LogP) is 3.05. The van der Waals surface area contributed by atoms with Gasteiger partial charge in [-0.15, -0.1) is 0 Å². The van der Waals surface area contributed by atoms with Crippen molar-refractivity contribution >= 4 is 34.8 Å². The third kappa shape index (κ3) is 4.92. The SMILES string of the molecule is CCN(C(=O)CN(C(C)=O)c1ccc(NC(C)=O)cc1)c1ccccc1. The number of benzene rings is 2. The zero-order valence-electron chi connectivity index (χ0n) is 15.2. The van der Waals surface area contributed by atoms with Gasteiger partial charge in [0.25, 0.3) is 0 Å². The minimum atomic E-state index is -0.227. The zero-order chi connectivity index (χ0) is 19.1. The second-order valence-electron chi connectivity index (χ2n) is 5.81. The van der Waals surface area contributed by atoms with Crippen LogP contribution in [0, 0.1) is 0 Å². The molecule has 26 heavy (non-hydrogen) atoms. The summed E-state index contributed by atoms with van der Waals surface area (Å²) in [6, 6.07) is 16.2. The number of amides is 3. The Morgan fingerprint density at radius 3 is 1.92 bits per heavy atom. The number of nitrogens with zero attached hydrogens (tertiary/aromatic N) is 2. The lowest BCUT2D eigenvalue weighted by molar-refractivity contribution is -0.121. The normalized spacial score (nSPS) is 10.1. The first kappa shape index (κ1) is 19.2. The standard InChI is InChI=1S/C20H23N3O3/c1-4-22(18-8-6-5-7-9-18)20(26)14-23(16(3)25)19-12-10-17(11-13-19)21-15(2)24/h5-13H,4,14H2,1-3H3,(H,21,24). The van der Waals surface area contributed by atoms with Gasteiger partial charge in [-0.1, -0.05) is 18.2 Å². The van der Waals surface area contributed by atoms with Crippen LogP contribution < -0.4 is 15.1 Å². The van der Waals surface area contributed by atoms with Crippen molar-refractivity contribution in [2.45, 2.75) is 20.8 Å². The van der Waals surface area contributed by atoms with Crippen LogP contribution in [0.1, 0.15) is 20.8 Å². The van der Waals surface area contributed by atoms with E-state index in [4.69, 9.17) is 0 Å². The molecule has 0 aliphatic carbocycles. The number of carbonyl (C=O) groups excluding carboxylic acids is 3. The number of likely N-dealkylation sites (N-methyl/N-ethyl adjacent to an activating group) is 1. The molecule has 0 fully saturated rings. The summed E-state index contributed by atoms with van der Waals surface area (Å²) in [7, 11) is 0. The fourth-order valence-corrected chi connectivity index (χ4v) is 2.64. The van der Waals surface area contributed by atoms with Crippen molar-refractivity contribution in [2.24, 2.45) is 0 Å². The molecule has 0 aromatic heterocycles. The number of para-hydroxylation sites is 1. The molecule has 1 N–H and O–H groups in total. The molecule has 2 aromatic rings. The summed E-state index contributed by atoms with van der Waals surface area (Å²) in [4.78, 5) is 39.0. The first-order chi connectivity index (χ1) is 12.4. The van der Waals surface area contributed by atoms with Gasteiger partial charge in [0.1, 0.15) is 6.54 Å². The van der Waals surface area contributed by atoms with Gasteiger partial charge in [0.15, 0.2) is 0 Å². The first-order valence-corrected chi connectivity index (χ1v) is 8.43. The minimum Gasteiger partial charge on any atom is -0.326 e. The highest BCUT2D eigenvalue weighted by Gasteiger charge is 2.20. The van der Waals surface area contributed by atoms with Crippen molar-refractivity contribution < 1.29 is 14.4 Å². The van der Waals surface area contributed by atoms with Crippen LogP contribution in [0.5, 0.6) is 0 Å². The number of carbonyl (C=O) groups is 3. The van der Waals surface area contributed by atoms with Crippen molar-refractivity contribution in [1.29, 1.82) is 0 Å². The molecule has 0 aliphatic rings. The zero-order valence-corrected chi connectivity index (χ0v) is 15.2. The molecule has 0 heterocycles. The maximum atomic E-state index is 12.8. The molecule has 2 rings (SSSR count). The molecule has 0 unspecified atom stereocenters. The van der Waals surface area contributed by atoms with Gasteiger partial charge in [-0.05, 0) is 43.3 Å². The molecule has 136 valence electrons. The Morgan fingerprint density at radius 1 is 0.846 bits per heavy atom. The Morgan fingerprint density at radius 2 is 1.42 bits per heavy atom. The van der Waals surface area contributed by atoms with Gasteiger partial charge < -0.3 is 15.1 Å². The van der Waals surface area contributed by atoms with Gasteiger partial charge in [0, 0.05) is 37.5 Å². The summed E-state index contributed by atoms with van der Waals surface area (Å²) >= 11 is 0. The summed E-state index contributed by atoms with van der Waals surface area (Å²) in [5.41, 5.74) is 2.03. The summed E-state index contributed by atoms with van der Waals surface area (Å²) in [5.74, 6) is -0.563. The number of nitrogens with one attached hydrogen (secondary N) is 1. The molecule has 0 spiro atoms. The van der Waals surface area contributed by atoms with Crippen LogP contribution in [-0.4, -0.2) is 30.8 Å². The predicted molar refractivity (Wildman–Crippen MR) is 103 cm³/mol. The van der Waals surface area contributed by atoms with E-state index in [1.54, 1.807) is 29.2 Å². The number of hydrogen-bond acceptors (Lipinski definition) is 3. The average molecular weight is 353 g/mol. The quantitative estimate of drug-likeness (QED) is 0.868. The summed E-state index contributed by atoms with van der Waals surface area (Å²) in [6.45, 7) is 5.20. The summed E-state index contributed by atoms with van der Waals surface area (Å²) < 4.78 is 0. The third-order valence-corrected chi connectivity index (χ3v) is 3.86. The maximum absolute atomic E-state index is 12.8. The lowest BCUT2D eigenvalue weighted by Crippen LogP contribution is -2.42. The van der Waals surface area contributed by atoms with Gasteiger partial charge >= 0.3 is 0 Å². The summed E-state index contributed by atoms with van der Waals surface area (Å²) in [6.07, 6.45) is 0. The highest BCUT2D eigenvalue weighted by Crippen LogP contribution is 2.20. The van der Waals surface area contributed by atoms with E-state index in [0.717, 1.165) is 5.69 Å². The monoisotopic (exact) mass is 353 g/mol. The van der Waals surface area contributed by atoms with E-state index in [1.807, 2.05) is 37.3 Å². The molecule has 6 heteroatoms. The van der Waals surface area contributed by atoms with Crippen LogP contribution in [-0.2, 0) is 14.4 Å². The Hall–Kier alpha value is -3.15. The van der Waals surface area contributed by atoms with E-state index >= 15 is 0 Å². The van der Waals surface area contributed by atoms with Gasteiger partial charge in [0.2, 0.25) is 17.7 Å².